The molecule has 8 heteroatoms. The molecule has 1 saturated carbocycles. The van der Waals surface area contributed by atoms with Crippen molar-refractivity contribution in [3.05, 3.63) is 41.9 Å². The molecule has 1 aliphatic rings. The van der Waals surface area contributed by atoms with Gasteiger partial charge in [0.2, 0.25) is 5.88 Å². The Morgan fingerprint density at radius 2 is 2.14 bits per heavy atom. The topological polar surface area (TPSA) is 143 Å². The number of carbonyl (C=O) groups excluding carboxylic acids is 1. The van der Waals surface area contributed by atoms with Gasteiger partial charge in [0.05, 0.1) is 24.1 Å². The number of carbonyl (C=O) groups is 1. The predicted molar refractivity (Wildman–Crippen MR) is 113 cm³/mol. The van der Waals surface area contributed by atoms with Crippen molar-refractivity contribution in [2.45, 2.75) is 38.8 Å². The number of nitrogens with two attached hydrogens (primary N) is 2. The molecule has 0 radical (unpaired) electrons. The average molecular weight is 396 g/mol. The number of aromatic nitrogens is 2. The fourth-order valence-electron chi connectivity index (χ4n) is 3.73. The van der Waals surface area contributed by atoms with Crippen molar-refractivity contribution in [2.24, 2.45) is 16.9 Å². The van der Waals surface area contributed by atoms with Gasteiger partial charge < -0.3 is 31.9 Å². The molecule has 0 saturated heterocycles. The molecule has 0 aromatic carbocycles. The van der Waals surface area contributed by atoms with E-state index in [1.54, 1.807) is 19.4 Å². The Hall–Kier alpha value is -3.13. The van der Waals surface area contributed by atoms with Crippen molar-refractivity contribution in [1.82, 2.24) is 15.3 Å². The van der Waals surface area contributed by atoms with Gasteiger partial charge in [-0.15, -0.1) is 0 Å². The summed E-state index contributed by atoms with van der Waals surface area (Å²) in [6.45, 7) is 4.22. The van der Waals surface area contributed by atoms with Gasteiger partial charge in [-0.3, -0.25) is 4.79 Å². The third-order valence-electron chi connectivity index (χ3n) is 5.85. The molecule has 1 amide bonds. The zero-order valence-corrected chi connectivity index (χ0v) is 17.0. The number of H-pyrrole nitrogens is 1. The molecule has 29 heavy (non-hydrogen) atoms. The van der Waals surface area contributed by atoms with Crippen molar-refractivity contribution in [2.75, 3.05) is 7.11 Å². The molecule has 2 aromatic heterocycles. The van der Waals surface area contributed by atoms with Crippen LogP contribution in [0.3, 0.4) is 0 Å². The number of primary amides is 1. The number of pyridine rings is 1. The van der Waals surface area contributed by atoms with Crippen LogP contribution >= 0.6 is 0 Å². The molecule has 1 fully saturated rings. The summed E-state index contributed by atoms with van der Waals surface area (Å²) in [5, 5.41) is 11.2. The third-order valence-corrected chi connectivity index (χ3v) is 5.85. The van der Waals surface area contributed by atoms with Crippen LogP contribution in [0.2, 0.25) is 0 Å². The molecule has 0 bridgehead atoms. The summed E-state index contributed by atoms with van der Waals surface area (Å²) in [4.78, 5) is 19.4. The van der Waals surface area contributed by atoms with Crippen LogP contribution in [-0.4, -0.2) is 41.3 Å². The Morgan fingerprint density at radius 3 is 2.66 bits per heavy atom. The maximum atomic E-state index is 12.0. The first kappa shape index (κ1) is 20.6. The Morgan fingerprint density at radius 1 is 1.38 bits per heavy atom. The highest BCUT2D eigenvalue weighted by molar-refractivity contribution is 6.16. The average Bonchev–Trinajstić information content (AvgIpc) is 3.28. The minimum absolute atomic E-state index is 0.0520. The Labute approximate surface area is 170 Å². The van der Waals surface area contributed by atoms with Crippen molar-refractivity contribution in [1.29, 1.82) is 5.41 Å². The summed E-state index contributed by atoms with van der Waals surface area (Å²) in [5.74, 6) is -0.128. The SMILES string of the molecule is COc1ccc(-c2c[nH]c(/C(NC3CCC(N)C3(C)C)=C(\C=N)C(N)=O)c2)cn1. The normalized spacial score (nSPS) is 21.4. The van der Waals surface area contributed by atoms with Gasteiger partial charge in [0.1, 0.15) is 0 Å². The van der Waals surface area contributed by atoms with Crippen molar-refractivity contribution < 1.29 is 9.53 Å². The van der Waals surface area contributed by atoms with E-state index in [1.807, 2.05) is 18.3 Å². The van der Waals surface area contributed by atoms with Crippen molar-refractivity contribution >= 4 is 17.8 Å². The third kappa shape index (κ3) is 4.02. The largest absolute Gasteiger partial charge is 0.481 e. The van der Waals surface area contributed by atoms with Gasteiger partial charge in [-0.05, 0) is 30.4 Å². The van der Waals surface area contributed by atoms with Gasteiger partial charge in [-0.2, -0.15) is 0 Å². The summed E-state index contributed by atoms with van der Waals surface area (Å²) < 4.78 is 5.10. The van der Waals surface area contributed by atoms with E-state index in [9.17, 15) is 4.79 Å². The number of rotatable bonds is 7. The van der Waals surface area contributed by atoms with E-state index in [4.69, 9.17) is 21.6 Å². The fourth-order valence-corrected chi connectivity index (χ4v) is 3.73. The van der Waals surface area contributed by atoms with Crippen LogP contribution < -0.4 is 21.5 Å². The molecule has 0 aliphatic heterocycles. The summed E-state index contributed by atoms with van der Waals surface area (Å²) in [6, 6.07) is 5.70. The van der Waals surface area contributed by atoms with E-state index < -0.39 is 5.91 Å². The van der Waals surface area contributed by atoms with E-state index in [2.05, 4.69) is 29.1 Å². The van der Waals surface area contributed by atoms with Crippen molar-refractivity contribution in [3.63, 3.8) is 0 Å². The predicted octanol–water partition coefficient (Wildman–Crippen LogP) is 2.04. The molecular formula is C21H28N6O2. The van der Waals surface area contributed by atoms with Gasteiger partial charge in [0, 0.05) is 47.9 Å². The van der Waals surface area contributed by atoms with Crippen LogP contribution in [-0.2, 0) is 4.79 Å². The Kier molecular flexibility index (Phi) is 5.74. The zero-order valence-electron chi connectivity index (χ0n) is 17.0. The number of methoxy groups -OCH3 is 1. The van der Waals surface area contributed by atoms with E-state index in [1.165, 1.54) is 0 Å². The highest BCUT2D eigenvalue weighted by atomic mass is 16.5. The summed E-state index contributed by atoms with van der Waals surface area (Å²) in [7, 11) is 1.57. The lowest BCUT2D eigenvalue weighted by molar-refractivity contribution is -0.114. The molecule has 2 heterocycles. The van der Waals surface area contributed by atoms with Crippen LogP contribution in [0.5, 0.6) is 5.88 Å². The quantitative estimate of drug-likeness (QED) is 0.359. The smallest absolute Gasteiger partial charge is 0.252 e. The number of nitrogens with zero attached hydrogens (tertiary/aromatic N) is 1. The van der Waals surface area contributed by atoms with Crippen LogP contribution in [0.25, 0.3) is 16.8 Å². The molecule has 0 spiro atoms. The van der Waals surface area contributed by atoms with Crippen LogP contribution in [0.4, 0.5) is 0 Å². The first-order valence-corrected chi connectivity index (χ1v) is 9.53. The highest BCUT2D eigenvalue weighted by Crippen LogP contribution is 2.38. The van der Waals surface area contributed by atoms with Crippen molar-refractivity contribution in [3.8, 4) is 17.0 Å². The number of hydrogen-bond acceptors (Lipinski definition) is 6. The van der Waals surface area contributed by atoms with Gasteiger partial charge >= 0.3 is 0 Å². The standard InChI is InChI=1S/C21H28N6O2/c1-21(2)16(23)5-6-17(21)27-19(14(9-22)20(24)28)15-8-13(11-25-15)12-4-7-18(29-3)26-10-12/h4,7-11,16-17,22,25,27H,5-6,23H2,1-3H3,(H2,24,28)/b19-14-,22-9?. The minimum Gasteiger partial charge on any atom is -0.481 e. The molecule has 2 aromatic rings. The fraction of sp³-hybridized carbons (Fsp3) is 0.381. The molecule has 7 N–H and O–H groups in total. The molecule has 8 nitrogen and oxygen atoms in total. The summed E-state index contributed by atoms with van der Waals surface area (Å²) in [6.07, 6.45) is 6.30. The number of nitrogens with one attached hydrogen (secondary N) is 3. The van der Waals surface area contributed by atoms with Crippen LogP contribution in [0.15, 0.2) is 36.2 Å². The zero-order chi connectivity index (χ0) is 21.2. The van der Waals surface area contributed by atoms with E-state index in [-0.39, 0.29) is 23.1 Å². The highest BCUT2D eigenvalue weighted by Gasteiger charge is 2.41. The van der Waals surface area contributed by atoms with Crippen LogP contribution in [0, 0.1) is 10.8 Å². The van der Waals surface area contributed by atoms with Gasteiger partial charge in [0.15, 0.2) is 0 Å². The Bertz CT molecular complexity index is 929. The molecule has 3 rings (SSSR count). The van der Waals surface area contributed by atoms with Crippen LogP contribution in [0.1, 0.15) is 32.4 Å². The molecular weight excluding hydrogens is 368 g/mol. The molecule has 2 atom stereocenters. The van der Waals surface area contributed by atoms with E-state index in [0.29, 0.717) is 17.3 Å². The van der Waals surface area contributed by atoms with Gasteiger partial charge in [-0.1, -0.05) is 13.8 Å². The summed E-state index contributed by atoms with van der Waals surface area (Å²) in [5.41, 5.74) is 14.7. The second-order valence-corrected chi connectivity index (χ2v) is 7.89. The van der Waals surface area contributed by atoms with Gasteiger partial charge in [-0.25, -0.2) is 4.98 Å². The van der Waals surface area contributed by atoms with Gasteiger partial charge in [0.25, 0.3) is 5.91 Å². The molecule has 2 unspecified atom stereocenters. The monoisotopic (exact) mass is 396 g/mol. The number of hydrogen-bond donors (Lipinski definition) is 5. The summed E-state index contributed by atoms with van der Waals surface area (Å²) >= 11 is 0. The lowest BCUT2D eigenvalue weighted by atomic mass is 9.84. The number of aromatic amines is 1. The number of ether oxygens (including phenoxy) is 1. The number of amides is 1. The lowest BCUT2D eigenvalue weighted by Gasteiger charge is -2.33. The first-order chi connectivity index (χ1) is 13.8. The maximum absolute atomic E-state index is 12.0. The van der Waals surface area contributed by atoms with E-state index in [0.717, 1.165) is 30.2 Å². The second-order valence-electron chi connectivity index (χ2n) is 7.89. The minimum atomic E-state index is -0.662. The molecule has 1 aliphatic carbocycles. The Balaban J connectivity index is 1.98. The van der Waals surface area contributed by atoms with E-state index >= 15 is 0 Å². The second kappa shape index (κ2) is 8.08. The lowest BCUT2D eigenvalue weighted by Crippen LogP contribution is -2.45. The maximum Gasteiger partial charge on any atom is 0.252 e. The molecule has 154 valence electrons. The first-order valence-electron chi connectivity index (χ1n) is 9.53.